The lowest BCUT2D eigenvalue weighted by atomic mass is 9.88. The van der Waals surface area contributed by atoms with Crippen LogP contribution in [-0.4, -0.2) is 12.8 Å². The van der Waals surface area contributed by atoms with Gasteiger partial charge in [0.25, 0.3) is 0 Å². The maximum absolute atomic E-state index is 8.66. The Bertz CT molecular complexity index is 176. The van der Waals surface area contributed by atoms with Crippen LogP contribution in [-0.2, 0) is 0 Å². The van der Waals surface area contributed by atoms with Crippen molar-refractivity contribution in [2.24, 2.45) is 10.9 Å². The molecule has 0 spiro atoms. The molecule has 0 saturated heterocycles. The molecule has 0 heterocycles. The summed E-state index contributed by atoms with van der Waals surface area (Å²) >= 11 is 0. The first-order valence-corrected chi connectivity index (χ1v) is 3.73. The molecule has 10 heavy (non-hydrogen) atoms. The topological polar surface area (TPSA) is 36.1 Å². The van der Waals surface area contributed by atoms with E-state index in [1.54, 1.807) is 7.05 Å². The van der Waals surface area contributed by atoms with Crippen molar-refractivity contribution < 1.29 is 0 Å². The second-order valence-electron chi connectivity index (χ2n) is 2.64. The van der Waals surface area contributed by atoms with Crippen LogP contribution in [0.15, 0.2) is 4.99 Å². The van der Waals surface area contributed by atoms with Gasteiger partial charge in [0, 0.05) is 12.8 Å². The maximum Gasteiger partial charge on any atom is 0.0841 e. The number of rotatable bonds is 0. The van der Waals surface area contributed by atoms with E-state index in [-0.39, 0.29) is 5.92 Å². The molecule has 1 saturated carbocycles. The third-order valence-electron chi connectivity index (χ3n) is 2.02. The van der Waals surface area contributed by atoms with Crippen molar-refractivity contribution in [3.63, 3.8) is 0 Å². The Morgan fingerprint density at radius 1 is 1.60 bits per heavy atom. The van der Waals surface area contributed by atoms with Crippen molar-refractivity contribution in [1.29, 1.82) is 5.26 Å². The molecule has 1 aliphatic rings. The Kier molecular flexibility index (Phi) is 2.44. The summed E-state index contributed by atoms with van der Waals surface area (Å²) < 4.78 is 0. The van der Waals surface area contributed by atoms with E-state index in [0.29, 0.717) is 0 Å². The van der Waals surface area contributed by atoms with E-state index < -0.39 is 0 Å². The highest BCUT2D eigenvalue weighted by atomic mass is 14.7. The van der Waals surface area contributed by atoms with Gasteiger partial charge in [-0.2, -0.15) is 5.26 Å². The van der Waals surface area contributed by atoms with Gasteiger partial charge >= 0.3 is 0 Å². The van der Waals surface area contributed by atoms with Crippen molar-refractivity contribution in [1.82, 2.24) is 0 Å². The molecule has 0 amide bonds. The Hall–Kier alpha value is -0.840. The molecular formula is C8H12N2. The summed E-state index contributed by atoms with van der Waals surface area (Å²) in [5.74, 6) is 0.124. The molecule has 0 aromatic rings. The van der Waals surface area contributed by atoms with Crippen LogP contribution in [0.25, 0.3) is 0 Å². The molecule has 0 N–H and O–H groups in total. The summed E-state index contributed by atoms with van der Waals surface area (Å²) in [7, 11) is 1.78. The fourth-order valence-electron chi connectivity index (χ4n) is 1.40. The van der Waals surface area contributed by atoms with Gasteiger partial charge in [-0.1, -0.05) is 6.42 Å². The van der Waals surface area contributed by atoms with Crippen LogP contribution in [0.3, 0.4) is 0 Å². The zero-order chi connectivity index (χ0) is 7.40. The molecule has 1 fully saturated rings. The zero-order valence-corrected chi connectivity index (χ0v) is 6.30. The van der Waals surface area contributed by atoms with Crippen LogP contribution in [0.1, 0.15) is 25.7 Å². The van der Waals surface area contributed by atoms with Gasteiger partial charge in [0.2, 0.25) is 0 Å². The van der Waals surface area contributed by atoms with Crippen LogP contribution in [0.2, 0.25) is 0 Å². The molecule has 0 radical (unpaired) electrons. The Balaban J connectivity index is 2.62. The molecule has 1 aliphatic carbocycles. The van der Waals surface area contributed by atoms with Gasteiger partial charge in [0.1, 0.15) is 0 Å². The third-order valence-corrected chi connectivity index (χ3v) is 2.02. The highest BCUT2D eigenvalue weighted by molar-refractivity contribution is 5.89. The average Bonchev–Trinajstić information content (AvgIpc) is 2.04. The van der Waals surface area contributed by atoms with E-state index in [1.807, 2.05) is 0 Å². The SMILES string of the molecule is CN=C1CCCCC1C#N. The summed E-state index contributed by atoms with van der Waals surface area (Å²) in [6, 6.07) is 2.27. The van der Waals surface area contributed by atoms with Gasteiger partial charge in [-0.15, -0.1) is 0 Å². The highest BCUT2D eigenvalue weighted by Crippen LogP contribution is 2.20. The molecule has 2 heteroatoms. The molecule has 1 atom stereocenters. The molecule has 2 nitrogen and oxygen atoms in total. The van der Waals surface area contributed by atoms with Gasteiger partial charge in [0.15, 0.2) is 0 Å². The molecule has 54 valence electrons. The van der Waals surface area contributed by atoms with Crippen LogP contribution in [0.4, 0.5) is 0 Å². The second kappa shape index (κ2) is 3.36. The number of hydrogen-bond donors (Lipinski definition) is 0. The lowest BCUT2D eigenvalue weighted by Crippen LogP contribution is -2.17. The average molecular weight is 136 g/mol. The molecular weight excluding hydrogens is 124 g/mol. The summed E-state index contributed by atoms with van der Waals surface area (Å²) in [5.41, 5.74) is 1.11. The van der Waals surface area contributed by atoms with Gasteiger partial charge in [-0.05, 0) is 19.3 Å². The van der Waals surface area contributed by atoms with Gasteiger partial charge in [-0.25, -0.2) is 0 Å². The van der Waals surface area contributed by atoms with Crippen LogP contribution in [0.5, 0.6) is 0 Å². The Morgan fingerprint density at radius 3 is 2.90 bits per heavy atom. The van der Waals surface area contributed by atoms with Crippen molar-refractivity contribution in [3.05, 3.63) is 0 Å². The maximum atomic E-state index is 8.66. The first-order valence-electron chi connectivity index (χ1n) is 3.73. The normalized spacial score (nSPS) is 30.0. The predicted octanol–water partition coefficient (Wildman–Crippen LogP) is 1.77. The Labute approximate surface area is 61.6 Å². The molecule has 0 bridgehead atoms. The molecule has 1 rings (SSSR count). The second-order valence-corrected chi connectivity index (χ2v) is 2.64. The van der Waals surface area contributed by atoms with E-state index in [1.165, 1.54) is 12.8 Å². The van der Waals surface area contributed by atoms with Gasteiger partial charge < -0.3 is 0 Å². The minimum Gasteiger partial charge on any atom is -0.296 e. The quantitative estimate of drug-likeness (QED) is 0.500. The van der Waals surface area contributed by atoms with Crippen LogP contribution >= 0.6 is 0 Å². The van der Waals surface area contributed by atoms with E-state index in [4.69, 9.17) is 5.26 Å². The van der Waals surface area contributed by atoms with Crippen molar-refractivity contribution in [3.8, 4) is 6.07 Å². The first-order chi connectivity index (χ1) is 4.88. The van der Waals surface area contributed by atoms with E-state index in [9.17, 15) is 0 Å². The van der Waals surface area contributed by atoms with Crippen molar-refractivity contribution >= 4 is 5.71 Å². The standard InChI is InChI=1S/C8H12N2/c1-10-8-5-3-2-4-7(8)6-9/h7H,2-5H2,1H3. The lowest BCUT2D eigenvalue weighted by Gasteiger charge is -2.16. The Morgan fingerprint density at radius 2 is 2.40 bits per heavy atom. The number of nitriles is 1. The number of nitrogens with zero attached hydrogens (tertiary/aromatic N) is 2. The van der Waals surface area contributed by atoms with Crippen LogP contribution < -0.4 is 0 Å². The van der Waals surface area contributed by atoms with Gasteiger partial charge in [-0.3, -0.25) is 4.99 Å². The predicted molar refractivity (Wildman–Crippen MR) is 40.9 cm³/mol. The summed E-state index contributed by atoms with van der Waals surface area (Å²) in [4.78, 5) is 4.09. The van der Waals surface area contributed by atoms with E-state index >= 15 is 0 Å². The van der Waals surface area contributed by atoms with E-state index in [0.717, 1.165) is 18.6 Å². The molecule has 1 unspecified atom stereocenters. The highest BCUT2D eigenvalue weighted by Gasteiger charge is 2.18. The zero-order valence-electron chi connectivity index (χ0n) is 6.30. The summed E-state index contributed by atoms with van der Waals surface area (Å²) in [5, 5.41) is 8.66. The fraction of sp³-hybridized carbons (Fsp3) is 0.750. The first kappa shape index (κ1) is 7.27. The largest absolute Gasteiger partial charge is 0.296 e. The fourth-order valence-corrected chi connectivity index (χ4v) is 1.40. The monoisotopic (exact) mass is 136 g/mol. The molecule has 0 aromatic carbocycles. The smallest absolute Gasteiger partial charge is 0.0841 e. The summed E-state index contributed by atoms with van der Waals surface area (Å²) in [6.45, 7) is 0. The molecule has 0 aromatic heterocycles. The lowest BCUT2D eigenvalue weighted by molar-refractivity contribution is 0.600. The van der Waals surface area contributed by atoms with Gasteiger partial charge in [0.05, 0.1) is 12.0 Å². The van der Waals surface area contributed by atoms with E-state index in [2.05, 4.69) is 11.1 Å². The number of aliphatic imine (C=N–C) groups is 1. The molecule has 0 aliphatic heterocycles. The third kappa shape index (κ3) is 1.36. The van der Waals surface area contributed by atoms with Crippen LogP contribution in [0, 0.1) is 17.2 Å². The minimum absolute atomic E-state index is 0.124. The van der Waals surface area contributed by atoms with Crippen molar-refractivity contribution in [2.75, 3.05) is 7.05 Å². The summed E-state index contributed by atoms with van der Waals surface area (Å²) in [6.07, 6.45) is 4.46. The minimum atomic E-state index is 0.124. The van der Waals surface area contributed by atoms with Crippen molar-refractivity contribution in [2.45, 2.75) is 25.7 Å². The number of hydrogen-bond acceptors (Lipinski definition) is 2.